The first-order chi connectivity index (χ1) is 8.48. The summed E-state index contributed by atoms with van der Waals surface area (Å²) in [6, 6.07) is 2.05. The van der Waals surface area contributed by atoms with Crippen molar-refractivity contribution in [2.24, 2.45) is 0 Å². The smallest absolute Gasteiger partial charge is 0.130 e. The van der Waals surface area contributed by atoms with E-state index in [0.29, 0.717) is 13.2 Å². The van der Waals surface area contributed by atoms with Crippen molar-refractivity contribution < 1.29 is 13.9 Å². The second-order valence-corrected chi connectivity index (χ2v) is 5.09. The monoisotopic (exact) mass is 255 g/mol. The van der Waals surface area contributed by atoms with Crippen molar-refractivity contribution in [1.29, 1.82) is 0 Å². The van der Waals surface area contributed by atoms with Gasteiger partial charge >= 0.3 is 0 Å². The lowest BCUT2D eigenvalue weighted by molar-refractivity contribution is -0.0143. The molecule has 0 aliphatic carbocycles. The van der Waals surface area contributed by atoms with Crippen LogP contribution in [-0.2, 0) is 22.6 Å². The third-order valence-corrected chi connectivity index (χ3v) is 3.08. The highest BCUT2D eigenvalue weighted by molar-refractivity contribution is 5.20. The van der Waals surface area contributed by atoms with Crippen LogP contribution < -0.4 is 5.32 Å². The van der Waals surface area contributed by atoms with Gasteiger partial charge in [-0.2, -0.15) is 0 Å². The zero-order valence-electron chi connectivity index (χ0n) is 12.1. The number of hydrogen-bond donors (Lipinski definition) is 1. The Morgan fingerprint density at radius 1 is 1.39 bits per heavy atom. The number of rotatable bonds is 8. The molecule has 1 aromatic rings. The molecule has 0 spiro atoms. The summed E-state index contributed by atoms with van der Waals surface area (Å²) in [5, 5.41) is 3.12. The Kier molecular flexibility index (Phi) is 5.85. The van der Waals surface area contributed by atoms with E-state index in [0.717, 1.165) is 24.5 Å². The van der Waals surface area contributed by atoms with Gasteiger partial charge in [-0.25, -0.2) is 0 Å². The van der Waals surface area contributed by atoms with Crippen LogP contribution in [0.4, 0.5) is 0 Å². The predicted octanol–water partition coefficient (Wildman–Crippen LogP) is 2.64. The number of aryl methyl sites for hydroxylation is 1. The van der Waals surface area contributed by atoms with Gasteiger partial charge in [-0.3, -0.25) is 0 Å². The molecule has 0 fully saturated rings. The largest absolute Gasteiger partial charge is 0.464 e. The van der Waals surface area contributed by atoms with E-state index in [1.54, 1.807) is 7.11 Å². The van der Waals surface area contributed by atoms with E-state index in [1.165, 1.54) is 5.56 Å². The van der Waals surface area contributed by atoms with E-state index in [1.807, 2.05) is 20.0 Å². The maximum Gasteiger partial charge on any atom is 0.130 e. The molecule has 104 valence electrons. The van der Waals surface area contributed by atoms with E-state index < -0.39 is 0 Å². The van der Waals surface area contributed by atoms with Gasteiger partial charge in [0.25, 0.3) is 0 Å². The van der Waals surface area contributed by atoms with Crippen LogP contribution in [0.3, 0.4) is 0 Å². The highest BCUT2D eigenvalue weighted by atomic mass is 16.5. The number of ether oxygens (including phenoxy) is 2. The minimum Gasteiger partial charge on any atom is -0.464 e. The van der Waals surface area contributed by atoms with Crippen molar-refractivity contribution in [3.05, 3.63) is 23.2 Å². The molecule has 0 unspecified atom stereocenters. The first kappa shape index (κ1) is 15.2. The van der Waals surface area contributed by atoms with Gasteiger partial charge in [-0.1, -0.05) is 0 Å². The fraction of sp³-hybridized carbons (Fsp3) is 0.714. The van der Waals surface area contributed by atoms with Gasteiger partial charge in [0.15, 0.2) is 0 Å². The molecule has 0 saturated carbocycles. The highest BCUT2D eigenvalue weighted by Gasteiger charge is 2.15. The van der Waals surface area contributed by atoms with Crippen molar-refractivity contribution in [2.45, 2.75) is 45.9 Å². The molecule has 0 bridgehead atoms. The normalized spacial score (nSPS) is 12.1. The van der Waals surface area contributed by atoms with E-state index in [4.69, 9.17) is 13.9 Å². The van der Waals surface area contributed by atoms with Crippen molar-refractivity contribution in [3.63, 3.8) is 0 Å². The van der Waals surface area contributed by atoms with Crippen LogP contribution in [-0.4, -0.2) is 26.4 Å². The molecule has 0 aromatic carbocycles. The van der Waals surface area contributed by atoms with Gasteiger partial charge in [-0.05, 0) is 40.3 Å². The lowest BCUT2D eigenvalue weighted by atomic mass is 10.1. The zero-order chi connectivity index (χ0) is 13.6. The van der Waals surface area contributed by atoms with Gasteiger partial charge in [0, 0.05) is 25.8 Å². The molecule has 0 radical (unpaired) electrons. The number of nitrogens with one attached hydrogen (secondary N) is 1. The molecule has 0 amide bonds. The van der Waals surface area contributed by atoms with E-state index in [-0.39, 0.29) is 5.60 Å². The Morgan fingerprint density at radius 2 is 2.11 bits per heavy atom. The van der Waals surface area contributed by atoms with Gasteiger partial charge in [0.05, 0.1) is 5.60 Å². The SMILES string of the molecule is CNCc1cc(COCCC(C)(C)OC)oc1C. The van der Waals surface area contributed by atoms with Crippen molar-refractivity contribution in [3.8, 4) is 0 Å². The quantitative estimate of drug-likeness (QED) is 0.725. The van der Waals surface area contributed by atoms with Crippen LogP contribution in [0.25, 0.3) is 0 Å². The number of methoxy groups -OCH3 is 1. The molecule has 0 atom stereocenters. The predicted molar refractivity (Wildman–Crippen MR) is 71.6 cm³/mol. The van der Waals surface area contributed by atoms with Gasteiger partial charge < -0.3 is 19.2 Å². The Hall–Kier alpha value is -0.840. The van der Waals surface area contributed by atoms with Crippen molar-refractivity contribution in [2.75, 3.05) is 20.8 Å². The minimum atomic E-state index is -0.129. The van der Waals surface area contributed by atoms with E-state index in [2.05, 4.69) is 19.2 Å². The average Bonchev–Trinajstić information content (AvgIpc) is 2.67. The highest BCUT2D eigenvalue weighted by Crippen LogP contribution is 2.16. The fourth-order valence-electron chi connectivity index (χ4n) is 1.62. The third kappa shape index (κ3) is 4.80. The van der Waals surface area contributed by atoms with Crippen molar-refractivity contribution >= 4 is 0 Å². The molecular formula is C14H25NO3. The van der Waals surface area contributed by atoms with E-state index >= 15 is 0 Å². The van der Waals surface area contributed by atoms with Crippen LogP contribution >= 0.6 is 0 Å². The summed E-state index contributed by atoms with van der Waals surface area (Å²) in [5.74, 6) is 1.84. The molecule has 4 nitrogen and oxygen atoms in total. The number of furan rings is 1. The molecule has 0 aliphatic heterocycles. The van der Waals surface area contributed by atoms with Crippen LogP contribution in [0.15, 0.2) is 10.5 Å². The Morgan fingerprint density at radius 3 is 2.72 bits per heavy atom. The topological polar surface area (TPSA) is 43.6 Å². The van der Waals surface area contributed by atoms with Gasteiger partial charge in [0.2, 0.25) is 0 Å². The van der Waals surface area contributed by atoms with Crippen LogP contribution in [0.5, 0.6) is 0 Å². The second kappa shape index (κ2) is 6.92. The summed E-state index contributed by atoms with van der Waals surface area (Å²) in [6.45, 7) is 8.10. The van der Waals surface area contributed by atoms with Crippen LogP contribution in [0, 0.1) is 6.92 Å². The molecule has 4 heteroatoms. The summed E-state index contributed by atoms with van der Waals surface area (Å²) >= 11 is 0. The fourth-order valence-corrected chi connectivity index (χ4v) is 1.62. The molecule has 1 rings (SSSR count). The zero-order valence-corrected chi connectivity index (χ0v) is 12.1. The summed E-state index contributed by atoms with van der Waals surface area (Å²) in [5.41, 5.74) is 1.06. The lowest BCUT2D eigenvalue weighted by Gasteiger charge is -2.22. The maximum atomic E-state index is 5.63. The lowest BCUT2D eigenvalue weighted by Crippen LogP contribution is -2.24. The molecular weight excluding hydrogens is 230 g/mol. The molecule has 0 aliphatic rings. The standard InChI is InChI=1S/C14H25NO3/c1-11-12(9-15-4)8-13(18-11)10-17-7-6-14(2,3)16-5/h8,15H,6-7,9-10H2,1-5H3. The first-order valence-electron chi connectivity index (χ1n) is 6.34. The molecule has 1 N–H and O–H groups in total. The first-order valence-corrected chi connectivity index (χ1v) is 6.34. The van der Waals surface area contributed by atoms with Crippen LogP contribution in [0.2, 0.25) is 0 Å². The van der Waals surface area contributed by atoms with Crippen LogP contribution in [0.1, 0.15) is 37.4 Å². The summed E-state index contributed by atoms with van der Waals surface area (Å²) in [6.07, 6.45) is 0.868. The number of hydrogen-bond acceptors (Lipinski definition) is 4. The molecule has 0 saturated heterocycles. The second-order valence-electron chi connectivity index (χ2n) is 5.09. The summed E-state index contributed by atoms with van der Waals surface area (Å²) in [4.78, 5) is 0. The molecule has 1 aromatic heterocycles. The maximum absolute atomic E-state index is 5.63. The summed E-state index contributed by atoms with van der Waals surface area (Å²) < 4.78 is 16.6. The molecule has 18 heavy (non-hydrogen) atoms. The van der Waals surface area contributed by atoms with Gasteiger partial charge in [-0.15, -0.1) is 0 Å². The summed E-state index contributed by atoms with van der Waals surface area (Å²) in [7, 11) is 3.65. The minimum absolute atomic E-state index is 0.129. The van der Waals surface area contributed by atoms with Gasteiger partial charge in [0.1, 0.15) is 18.1 Å². The average molecular weight is 255 g/mol. The third-order valence-electron chi connectivity index (χ3n) is 3.08. The Bertz CT molecular complexity index is 358. The Balaban J connectivity index is 2.33. The Labute approximate surface area is 110 Å². The molecule has 1 heterocycles. The van der Waals surface area contributed by atoms with Crippen molar-refractivity contribution in [1.82, 2.24) is 5.32 Å². The van der Waals surface area contributed by atoms with E-state index in [9.17, 15) is 0 Å².